The molecule has 1 N–H and O–H groups in total. The Kier molecular flexibility index (Phi) is 2.74. The molecule has 0 aliphatic rings. The van der Waals surface area contributed by atoms with Crippen LogP contribution in [0.25, 0.3) is 0 Å². The van der Waals surface area contributed by atoms with Crippen molar-refractivity contribution in [1.82, 2.24) is 4.98 Å². The number of aromatic nitrogens is 1. The Balaban J connectivity index is 2.82. The average Bonchev–Trinajstić information content (AvgIpc) is 2.09. The van der Waals surface area contributed by atoms with Crippen LogP contribution in [-0.2, 0) is 4.79 Å². The Labute approximate surface area is 64.7 Å². The third-order valence-electron chi connectivity index (χ3n) is 1.47. The molecule has 3 heteroatoms. The lowest BCUT2D eigenvalue weighted by molar-refractivity contribution is -0.109. The summed E-state index contributed by atoms with van der Waals surface area (Å²) >= 11 is 0. The topological polar surface area (TPSA) is 50.2 Å². The molecule has 0 aromatic carbocycles. The van der Waals surface area contributed by atoms with Crippen molar-refractivity contribution in [2.45, 2.75) is 5.92 Å². The highest BCUT2D eigenvalue weighted by atomic mass is 16.3. The van der Waals surface area contributed by atoms with Gasteiger partial charge in [-0.15, -0.1) is 0 Å². The summed E-state index contributed by atoms with van der Waals surface area (Å²) < 4.78 is 0. The Morgan fingerprint density at radius 1 is 1.73 bits per heavy atom. The highest BCUT2D eigenvalue weighted by molar-refractivity contribution is 5.61. The second kappa shape index (κ2) is 3.83. The zero-order chi connectivity index (χ0) is 8.10. The molecule has 1 rings (SSSR count). The van der Waals surface area contributed by atoms with Crippen LogP contribution in [0.5, 0.6) is 0 Å². The molecule has 58 valence electrons. The minimum atomic E-state index is -0.427. The molecule has 0 bridgehead atoms. The smallest absolute Gasteiger partial charge is 0.129 e. The third-order valence-corrected chi connectivity index (χ3v) is 1.47. The number of rotatable bonds is 3. The van der Waals surface area contributed by atoms with E-state index in [1.165, 1.54) is 0 Å². The lowest BCUT2D eigenvalue weighted by Gasteiger charge is -2.03. The molecule has 0 aliphatic carbocycles. The van der Waals surface area contributed by atoms with Crippen molar-refractivity contribution < 1.29 is 9.90 Å². The molecule has 11 heavy (non-hydrogen) atoms. The molecular formula is C8H9NO2. The number of pyridine rings is 1. The van der Waals surface area contributed by atoms with Crippen molar-refractivity contribution in [1.29, 1.82) is 0 Å². The van der Waals surface area contributed by atoms with Crippen LogP contribution in [0.3, 0.4) is 0 Å². The largest absolute Gasteiger partial charge is 0.395 e. The fourth-order valence-corrected chi connectivity index (χ4v) is 0.822. The van der Waals surface area contributed by atoms with Crippen molar-refractivity contribution >= 4 is 6.29 Å². The summed E-state index contributed by atoms with van der Waals surface area (Å²) in [6, 6.07) is 3.50. The monoisotopic (exact) mass is 151 g/mol. The fourth-order valence-electron chi connectivity index (χ4n) is 0.822. The van der Waals surface area contributed by atoms with E-state index in [-0.39, 0.29) is 6.61 Å². The van der Waals surface area contributed by atoms with Crippen LogP contribution >= 0.6 is 0 Å². The molecule has 0 amide bonds. The minimum absolute atomic E-state index is 0.158. The molecular weight excluding hydrogens is 142 g/mol. The van der Waals surface area contributed by atoms with Crippen LogP contribution in [0.1, 0.15) is 11.5 Å². The minimum Gasteiger partial charge on any atom is -0.395 e. The van der Waals surface area contributed by atoms with Gasteiger partial charge in [-0.2, -0.15) is 0 Å². The van der Waals surface area contributed by atoms with Crippen LogP contribution in [-0.4, -0.2) is 23.0 Å². The summed E-state index contributed by atoms with van der Waals surface area (Å²) in [6.07, 6.45) is 3.93. The van der Waals surface area contributed by atoms with E-state index >= 15 is 0 Å². The van der Waals surface area contributed by atoms with Crippen LogP contribution < -0.4 is 0 Å². The van der Waals surface area contributed by atoms with Crippen LogP contribution in [0.2, 0.25) is 0 Å². The first kappa shape index (κ1) is 7.88. The van der Waals surface area contributed by atoms with Gasteiger partial charge in [-0.1, -0.05) is 6.07 Å². The lowest BCUT2D eigenvalue weighted by Crippen LogP contribution is -2.05. The van der Waals surface area contributed by atoms with Gasteiger partial charge in [0.1, 0.15) is 6.29 Å². The molecule has 0 spiro atoms. The molecule has 1 unspecified atom stereocenters. The van der Waals surface area contributed by atoms with Gasteiger partial charge in [0.2, 0.25) is 0 Å². The maximum atomic E-state index is 10.3. The van der Waals surface area contributed by atoms with E-state index in [1.807, 2.05) is 0 Å². The molecule has 0 aliphatic heterocycles. The number of aliphatic hydroxyl groups is 1. The first-order valence-corrected chi connectivity index (χ1v) is 3.34. The number of aliphatic hydroxyl groups excluding tert-OH is 1. The standard InChI is InChI=1S/C8H9NO2/c10-5-8(6-11)7-2-1-3-9-4-7/h1-5,8,11H,6H2. The zero-order valence-corrected chi connectivity index (χ0v) is 5.97. The van der Waals surface area contributed by atoms with Gasteiger partial charge >= 0.3 is 0 Å². The first-order valence-electron chi connectivity index (χ1n) is 3.34. The van der Waals surface area contributed by atoms with Crippen molar-refractivity contribution in [3.63, 3.8) is 0 Å². The van der Waals surface area contributed by atoms with Gasteiger partial charge in [0.05, 0.1) is 12.5 Å². The summed E-state index contributed by atoms with van der Waals surface area (Å²) in [6.45, 7) is -0.158. The number of carbonyl (C=O) groups excluding carboxylic acids is 1. The highest BCUT2D eigenvalue weighted by Gasteiger charge is 2.07. The third kappa shape index (κ3) is 1.85. The molecule has 1 aromatic heterocycles. The lowest BCUT2D eigenvalue weighted by atomic mass is 10.0. The molecule has 1 atom stereocenters. The Hall–Kier alpha value is -1.22. The van der Waals surface area contributed by atoms with Crippen molar-refractivity contribution in [3.8, 4) is 0 Å². The second-order valence-electron chi connectivity index (χ2n) is 2.21. The molecule has 0 radical (unpaired) electrons. The predicted molar refractivity (Wildman–Crippen MR) is 40.1 cm³/mol. The summed E-state index contributed by atoms with van der Waals surface area (Å²) in [7, 11) is 0. The number of carbonyl (C=O) groups is 1. The Morgan fingerprint density at radius 3 is 3.00 bits per heavy atom. The number of hydrogen-bond acceptors (Lipinski definition) is 3. The van der Waals surface area contributed by atoms with Crippen LogP contribution in [0, 0.1) is 0 Å². The van der Waals surface area contributed by atoms with Gasteiger partial charge in [0, 0.05) is 12.4 Å². The fraction of sp³-hybridized carbons (Fsp3) is 0.250. The van der Waals surface area contributed by atoms with E-state index in [0.29, 0.717) is 0 Å². The zero-order valence-electron chi connectivity index (χ0n) is 5.97. The van der Waals surface area contributed by atoms with E-state index in [0.717, 1.165) is 11.8 Å². The predicted octanol–water partition coefficient (Wildman–Crippen LogP) is 0.356. The SMILES string of the molecule is O=CC(CO)c1cccnc1. The van der Waals surface area contributed by atoms with E-state index in [2.05, 4.69) is 4.98 Å². The second-order valence-corrected chi connectivity index (χ2v) is 2.21. The number of hydrogen-bond donors (Lipinski definition) is 1. The van der Waals surface area contributed by atoms with Crippen LogP contribution in [0.4, 0.5) is 0 Å². The molecule has 3 nitrogen and oxygen atoms in total. The summed E-state index contributed by atoms with van der Waals surface area (Å²) in [5, 5.41) is 8.72. The van der Waals surface area contributed by atoms with Gasteiger partial charge in [-0.25, -0.2) is 0 Å². The van der Waals surface area contributed by atoms with Gasteiger partial charge in [0.25, 0.3) is 0 Å². The van der Waals surface area contributed by atoms with Crippen LogP contribution in [0.15, 0.2) is 24.5 Å². The molecule has 1 heterocycles. The van der Waals surface area contributed by atoms with Crippen molar-refractivity contribution in [3.05, 3.63) is 30.1 Å². The molecule has 0 saturated heterocycles. The first-order chi connectivity index (χ1) is 5.38. The summed E-state index contributed by atoms with van der Waals surface area (Å²) in [5.74, 6) is -0.427. The Morgan fingerprint density at radius 2 is 2.55 bits per heavy atom. The summed E-state index contributed by atoms with van der Waals surface area (Å²) in [4.78, 5) is 14.2. The van der Waals surface area contributed by atoms with Gasteiger partial charge in [-0.3, -0.25) is 4.98 Å². The van der Waals surface area contributed by atoms with Crippen molar-refractivity contribution in [2.24, 2.45) is 0 Å². The number of nitrogens with zero attached hydrogens (tertiary/aromatic N) is 1. The number of aldehydes is 1. The molecule has 1 aromatic rings. The average molecular weight is 151 g/mol. The van der Waals surface area contributed by atoms with Gasteiger partial charge in [-0.05, 0) is 11.6 Å². The molecule has 0 fully saturated rings. The van der Waals surface area contributed by atoms with E-state index in [1.54, 1.807) is 24.5 Å². The van der Waals surface area contributed by atoms with E-state index in [4.69, 9.17) is 5.11 Å². The van der Waals surface area contributed by atoms with E-state index in [9.17, 15) is 4.79 Å². The maximum Gasteiger partial charge on any atom is 0.129 e. The quantitative estimate of drug-likeness (QED) is 0.634. The van der Waals surface area contributed by atoms with E-state index < -0.39 is 5.92 Å². The maximum absolute atomic E-state index is 10.3. The van der Waals surface area contributed by atoms with Gasteiger partial charge in [0.15, 0.2) is 0 Å². The normalized spacial score (nSPS) is 12.5. The molecule has 0 saturated carbocycles. The van der Waals surface area contributed by atoms with Crippen molar-refractivity contribution in [2.75, 3.05) is 6.61 Å². The van der Waals surface area contributed by atoms with Gasteiger partial charge < -0.3 is 9.90 Å². The summed E-state index contributed by atoms with van der Waals surface area (Å²) in [5.41, 5.74) is 0.755. The highest BCUT2D eigenvalue weighted by Crippen LogP contribution is 2.09. The Bertz CT molecular complexity index is 223.